The summed E-state index contributed by atoms with van der Waals surface area (Å²) < 4.78 is 10.4. The van der Waals surface area contributed by atoms with Crippen molar-refractivity contribution in [3.8, 4) is 5.75 Å². The van der Waals surface area contributed by atoms with E-state index in [0.717, 1.165) is 0 Å². The number of ketones is 1. The highest BCUT2D eigenvalue weighted by atomic mass is 35.5. The minimum atomic E-state index is -0.953. The van der Waals surface area contributed by atoms with E-state index >= 15 is 0 Å². The van der Waals surface area contributed by atoms with E-state index in [-0.39, 0.29) is 24.7 Å². The van der Waals surface area contributed by atoms with Crippen molar-refractivity contribution >= 4 is 34.9 Å². The summed E-state index contributed by atoms with van der Waals surface area (Å²) in [5.41, 5.74) is 0.980. The first kappa shape index (κ1) is 19.9. The van der Waals surface area contributed by atoms with Gasteiger partial charge < -0.3 is 14.4 Å². The van der Waals surface area contributed by atoms with E-state index in [9.17, 15) is 14.4 Å². The molecule has 1 fully saturated rings. The lowest BCUT2D eigenvalue weighted by Gasteiger charge is -2.18. The van der Waals surface area contributed by atoms with Crippen molar-refractivity contribution in [2.75, 3.05) is 18.6 Å². The predicted molar refractivity (Wildman–Crippen MR) is 105 cm³/mol. The van der Waals surface area contributed by atoms with E-state index in [4.69, 9.17) is 21.1 Å². The Bertz CT molecular complexity index is 896. The third-order valence-corrected chi connectivity index (χ3v) is 4.96. The zero-order valence-electron chi connectivity index (χ0n) is 15.6. The Labute approximate surface area is 168 Å². The molecule has 1 saturated heterocycles. The van der Waals surface area contributed by atoms with Crippen molar-refractivity contribution in [2.45, 2.75) is 19.4 Å². The molecule has 0 aromatic heterocycles. The Hall–Kier alpha value is -2.86. The maximum absolute atomic E-state index is 12.5. The smallest absolute Gasteiger partial charge is 0.312 e. The summed E-state index contributed by atoms with van der Waals surface area (Å²) in [5, 5.41) is 0.438. The summed E-state index contributed by atoms with van der Waals surface area (Å²) in [7, 11) is 1.54. The first-order valence-corrected chi connectivity index (χ1v) is 9.22. The van der Waals surface area contributed by atoms with Crippen LogP contribution in [0.25, 0.3) is 0 Å². The standard InChI is InChI=1S/C21H20ClNO5/c1-13(20(25)14-7-9-16(27-2)10-8-14)28-21(26)15-11-19(24)23(12-15)18-6-4-3-5-17(18)22/h3-10,13,15H,11-12H2,1-2H3/t13-,15+/m0/s1. The number of benzene rings is 2. The average Bonchev–Trinajstić information content (AvgIpc) is 3.09. The van der Waals surface area contributed by atoms with Crippen LogP contribution in [-0.4, -0.2) is 37.4 Å². The summed E-state index contributed by atoms with van der Waals surface area (Å²) >= 11 is 6.15. The second kappa shape index (κ2) is 8.44. The van der Waals surface area contributed by atoms with Gasteiger partial charge >= 0.3 is 5.97 Å². The summed E-state index contributed by atoms with van der Waals surface area (Å²) in [5.74, 6) is -1.11. The fourth-order valence-corrected chi connectivity index (χ4v) is 3.32. The fraction of sp³-hybridized carbons (Fsp3) is 0.286. The largest absolute Gasteiger partial charge is 0.497 e. The molecular formula is C21H20ClNO5. The van der Waals surface area contributed by atoms with Gasteiger partial charge in [0.25, 0.3) is 0 Å². The van der Waals surface area contributed by atoms with E-state index in [2.05, 4.69) is 0 Å². The van der Waals surface area contributed by atoms with E-state index in [1.54, 1.807) is 48.5 Å². The third kappa shape index (κ3) is 4.17. The summed E-state index contributed by atoms with van der Waals surface area (Å²) in [6, 6.07) is 13.5. The van der Waals surface area contributed by atoms with Crippen molar-refractivity contribution < 1.29 is 23.9 Å². The number of amides is 1. The van der Waals surface area contributed by atoms with E-state index in [0.29, 0.717) is 22.0 Å². The monoisotopic (exact) mass is 401 g/mol. The number of hydrogen-bond acceptors (Lipinski definition) is 5. The quantitative estimate of drug-likeness (QED) is 0.547. The van der Waals surface area contributed by atoms with Crippen molar-refractivity contribution in [3.05, 3.63) is 59.1 Å². The van der Waals surface area contributed by atoms with Gasteiger partial charge in [0.15, 0.2) is 6.10 Å². The zero-order valence-corrected chi connectivity index (χ0v) is 16.3. The molecule has 3 rings (SSSR count). The summed E-state index contributed by atoms with van der Waals surface area (Å²) in [6.07, 6.45) is -0.932. The molecule has 2 aromatic rings. The van der Waals surface area contributed by atoms with Crippen LogP contribution in [0.15, 0.2) is 48.5 Å². The molecule has 28 heavy (non-hydrogen) atoms. The van der Waals surface area contributed by atoms with Crippen LogP contribution < -0.4 is 9.64 Å². The molecule has 6 nitrogen and oxygen atoms in total. The Kier molecular flexibility index (Phi) is 5.99. The Balaban J connectivity index is 1.63. The van der Waals surface area contributed by atoms with Gasteiger partial charge in [0.1, 0.15) is 5.75 Å². The van der Waals surface area contributed by atoms with E-state index in [1.807, 2.05) is 0 Å². The van der Waals surface area contributed by atoms with Gasteiger partial charge in [0, 0.05) is 18.5 Å². The number of hydrogen-bond donors (Lipinski definition) is 0. The molecule has 146 valence electrons. The lowest BCUT2D eigenvalue weighted by Crippen LogP contribution is -2.30. The molecule has 0 aliphatic carbocycles. The molecule has 1 heterocycles. The van der Waals surface area contributed by atoms with Crippen LogP contribution >= 0.6 is 11.6 Å². The minimum absolute atomic E-state index is 0.0213. The summed E-state index contributed by atoms with van der Waals surface area (Å²) in [4.78, 5) is 38.8. The lowest BCUT2D eigenvalue weighted by atomic mass is 10.1. The lowest BCUT2D eigenvalue weighted by molar-refractivity contribution is -0.151. The number of methoxy groups -OCH3 is 1. The molecule has 2 atom stereocenters. The topological polar surface area (TPSA) is 72.9 Å². The van der Waals surface area contributed by atoms with Gasteiger partial charge in [-0.15, -0.1) is 0 Å². The Morgan fingerprint density at radius 1 is 1.14 bits per heavy atom. The van der Waals surface area contributed by atoms with Crippen LogP contribution in [0, 0.1) is 5.92 Å². The molecule has 1 aliphatic heterocycles. The number of rotatable bonds is 6. The molecule has 0 unspecified atom stereocenters. The first-order valence-electron chi connectivity index (χ1n) is 8.84. The van der Waals surface area contributed by atoms with Crippen LogP contribution in [0.1, 0.15) is 23.7 Å². The van der Waals surface area contributed by atoms with Gasteiger partial charge in [0.05, 0.1) is 23.7 Å². The molecule has 7 heteroatoms. The molecule has 0 N–H and O–H groups in total. The molecule has 1 aliphatic rings. The molecular weight excluding hydrogens is 382 g/mol. The third-order valence-electron chi connectivity index (χ3n) is 4.64. The van der Waals surface area contributed by atoms with Crippen LogP contribution in [0.3, 0.4) is 0 Å². The number of carbonyl (C=O) groups excluding carboxylic acids is 3. The number of carbonyl (C=O) groups is 3. The van der Waals surface area contributed by atoms with Crippen molar-refractivity contribution in [3.63, 3.8) is 0 Å². The molecule has 1 amide bonds. The normalized spacial score (nSPS) is 17.3. The number of para-hydroxylation sites is 1. The highest BCUT2D eigenvalue weighted by Gasteiger charge is 2.38. The zero-order chi connectivity index (χ0) is 20.3. The Morgan fingerprint density at radius 3 is 2.46 bits per heavy atom. The number of ether oxygens (including phenoxy) is 2. The van der Waals surface area contributed by atoms with Crippen LogP contribution in [0.2, 0.25) is 5.02 Å². The highest BCUT2D eigenvalue weighted by molar-refractivity contribution is 6.33. The first-order chi connectivity index (χ1) is 13.4. The van der Waals surface area contributed by atoms with Crippen LogP contribution in [0.5, 0.6) is 5.75 Å². The number of halogens is 1. The second-order valence-electron chi connectivity index (χ2n) is 6.53. The van der Waals surface area contributed by atoms with Gasteiger partial charge in [-0.1, -0.05) is 23.7 Å². The van der Waals surface area contributed by atoms with E-state index in [1.165, 1.54) is 18.9 Å². The van der Waals surface area contributed by atoms with Gasteiger partial charge in [0.2, 0.25) is 11.7 Å². The summed E-state index contributed by atoms with van der Waals surface area (Å²) in [6.45, 7) is 1.69. The van der Waals surface area contributed by atoms with Gasteiger partial charge in [-0.2, -0.15) is 0 Å². The molecule has 0 bridgehead atoms. The van der Waals surface area contributed by atoms with Crippen molar-refractivity contribution in [2.24, 2.45) is 5.92 Å². The van der Waals surface area contributed by atoms with Crippen molar-refractivity contribution in [1.29, 1.82) is 0 Å². The molecule has 0 spiro atoms. The van der Waals surface area contributed by atoms with Gasteiger partial charge in [-0.3, -0.25) is 14.4 Å². The minimum Gasteiger partial charge on any atom is -0.497 e. The second-order valence-corrected chi connectivity index (χ2v) is 6.94. The van der Waals surface area contributed by atoms with Crippen molar-refractivity contribution in [1.82, 2.24) is 0 Å². The van der Waals surface area contributed by atoms with Crippen LogP contribution in [-0.2, 0) is 14.3 Å². The SMILES string of the molecule is COc1ccc(C(=O)[C@H](C)OC(=O)[C@@H]2CC(=O)N(c3ccccc3Cl)C2)cc1. The maximum Gasteiger partial charge on any atom is 0.312 e. The van der Waals surface area contributed by atoms with E-state index < -0.39 is 18.0 Å². The van der Waals surface area contributed by atoms with Gasteiger partial charge in [-0.25, -0.2) is 0 Å². The maximum atomic E-state index is 12.5. The number of anilines is 1. The molecule has 2 aromatic carbocycles. The highest BCUT2D eigenvalue weighted by Crippen LogP contribution is 2.31. The number of Topliss-reactive ketones (excluding diaryl/α,β-unsaturated/α-hetero) is 1. The number of nitrogens with zero attached hydrogens (tertiary/aromatic N) is 1. The molecule has 0 radical (unpaired) electrons. The average molecular weight is 402 g/mol. The van der Waals surface area contributed by atoms with Gasteiger partial charge in [-0.05, 0) is 43.3 Å². The Morgan fingerprint density at radius 2 is 1.82 bits per heavy atom. The van der Waals surface area contributed by atoms with Crippen LogP contribution in [0.4, 0.5) is 5.69 Å². The fourth-order valence-electron chi connectivity index (χ4n) is 3.08. The number of esters is 1. The predicted octanol–water partition coefficient (Wildman–Crippen LogP) is 3.52. The molecule has 0 saturated carbocycles.